The van der Waals surface area contributed by atoms with Crippen molar-refractivity contribution in [2.75, 3.05) is 5.73 Å². The van der Waals surface area contributed by atoms with E-state index in [-0.39, 0.29) is 22.4 Å². The Balaban J connectivity index is 0.00000267. The van der Waals surface area contributed by atoms with Crippen LogP contribution in [0.2, 0.25) is 0 Å². The van der Waals surface area contributed by atoms with Gasteiger partial charge in [-0.25, -0.2) is 29.9 Å². The molecule has 4 aromatic carbocycles. The van der Waals surface area contributed by atoms with E-state index in [1.54, 1.807) is 0 Å². The largest absolute Gasteiger partial charge is 0.398 e. The number of hydrogen-bond acceptors (Lipinski definition) is 7. The SMILES string of the molecule is Nc1cccc2c3nc4nc(nc5[nH]c(nc6nc(nc([nH]3)c12)-c1ccccc1-6)c1ccccc51)-c1ccccc1-4.[Au]. The van der Waals surface area contributed by atoms with Crippen molar-refractivity contribution in [3.05, 3.63) is 91.0 Å². The second-order valence-corrected chi connectivity index (χ2v) is 10.0. The van der Waals surface area contributed by atoms with Gasteiger partial charge in [0.25, 0.3) is 0 Å². The molecule has 4 N–H and O–H groups in total. The van der Waals surface area contributed by atoms with Crippen LogP contribution in [0.15, 0.2) is 91.0 Å². The molecule has 1 radical (unpaired) electrons. The monoisotopic (exact) mass is 726 g/mol. The summed E-state index contributed by atoms with van der Waals surface area (Å²) in [4.78, 5) is 36.7. The minimum Gasteiger partial charge on any atom is -0.398 e. The molecule has 0 spiro atoms. The summed E-state index contributed by atoms with van der Waals surface area (Å²) in [5, 5.41) is 3.51. The van der Waals surface area contributed by atoms with Gasteiger partial charge in [0.05, 0.1) is 5.39 Å². The number of fused-ring (bicyclic) bond motifs is 20. The predicted octanol–water partition coefficient (Wildman–Crippen LogP) is 6.45. The fraction of sp³-hybridized carbons (Fsp3) is 0. The molecule has 0 fully saturated rings. The molecule has 9 nitrogen and oxygen atoms in total. The van der Waals surface area contributed by atoms with Gasteiger partial charge in [0.1, 0.15) is 22.6 Å². The van der Waals surface area contributed by atoms with Crippen LogP contribution < -0.4 is 5.73 Å². The number of H-pyrrole nitrogens is 2. The summed E-state index contributed by atoms with van der Waals surface area (Å²) in [6, 6.07) is 29.7. The molecule has 9 rings (SSSR count). The number of anilines is 1. The average molecular weight is 727 g/mol. The van der Waals surface area contributed by atoms with Crippen molar-refractivity contribution in [3.63, 3.8) is 0 Å². The maximum atomic E-state index is 6.49. The Bertz CT molecular complexity index is 2400. The van der Waals surface area contributed by atoms with Gasteiger partial charge in [-0.2, -0.15) is 0 Å². The Kier molecular flexibility index (Phi) is 5.35. The van der Waals surface area contributed by atoms with Gasteiger partial charge in [-0.3, -0.25) is 0 Å². The molecule has 2 aliphatic heterocycles. The van der Waals surface area contributed by atoms with Crippen LogP contribution in [-0.2, 0) is 22.4 Å². The first-order valence-electron chi connectivity index (χ1n) is 13.2. The molecule has 3 aromatic heterocycles. The quantitative estimate of drug-likeness (QED) is 0.121. The molecule has 0 unspecified atom stereocenters. The molecule has 42 heavy (non-hydrogen) atoms. The van der Waals surface area contributed by atoms with Gasteiger partial charge in [-0.05, 0) is 6.07 Å². The Morgan fingerprint density at radius 1 is 0.405 bits per heavy atom. The van der Waals surface area contributed by atoms with Crippen molar-refractivity contribution in [1.82, 2.24) is 39.9 Å². The van der Waals surface area contributed by atoms with Crippen molar-refractivity contribution in [2.24, 2.45) is 0 Å². The Morgan fingerprint density at radius 3 is 1.29 bits per heavy atom. The molecule has 0 saturated heterocycles. The van der Waals surface area contributed by atoms with Crippen LogP contribution in [0.5, 0.6) is 0 Å². The van der Waals surface area contributed by atoms with Gasteiger partial charge >= 0.3 is 0 Å². The molecule has 8 bridgehead atoms. The van der Waals surface area contributed by atoms with Gasteiger partial charge in [-0.15, -0.1) is 0 Å². The molecule has 2 aliphatic rings. The zero-order valence-corrected chi connectivity index (χ0v) is 23.9. The third-order valence-electron chi connectivity index (χ3n) is 7.61. The van der Waals surface area contributed by atoms with Crippen molar-refractivity contribution >= 4 is 49.8 Å². The number of nitrogens with two attached hydrogens (primary N) is 1. The number of nitrogens with one attached hydrogen (secondary N) is 2. The zero-order valence-electron chi connectivity index (χ0n) is 21.7. The standard InChI is InChI=1S/C32H19N9.Au/c33-23-15-7-14-22-24(23)32-40-30-21-13-6-5-12-20(21)28(38-30)36-26-17-9-2-1-8-16(17)25(34-26)35-27-18-10-3-4-11-19(18)29(37-27)39-31(22)41-32;/h1-15H,33H2,(H2,34,35,36,37,38,39,40,41);. The van der Waals surface area contributed by atoms with Crippen LogP contribution in [0, 0.1) is 0 Å². The third kappa shape index (κ3) is 3.55. The van der Waals surface area contributed by atoms with Gasteiger partial charge < -0.3 is 15.7 Å². The third-order valence-corrected chi connectivity index (χ3v) is 7.61. The summed E-state index contributed by atoms with van der Waals surface area (Å²) in [6.07, 6.45) is 0. The minimum absolute atomic E-state index is 0. The predicted molar refractivity (Wildman–Crippen MR) is 160 cm³/mol. The molecule has 10 heteroatoms. The average Bonchev–Trinajstić information content (AvgIpc) is 3.73. The van der Waals surface area contributed by atoms with Crippen LogP contribution >= 0.6 is 0 Å². The van der Waals surface area contributed by atoms with Crippen LogP contribution in [0.3, 0.4) is 0 Å². The van der Waals surface area contributed by atoms with E-state index in [1.165, 1.54) is 0 Å². The van der Waals surface area contributed by atoms with E-state index in [1.807, 2.05) is 91.0 Å². The van der Waals surface area contributed by atoms with E-state index in [0.29, 0.717) is 51.6 Å². The summed E-state index contributed by atoms with van der Waals surface area (Å²) >= 11 is 0. The molecule has 0 aliphatic carbocycles. The molecule has 7 aromatic rings. The fourth-order valence-corrected chi connectivity index (χ4v) is 5.72. The molecular weight excluding hydrogens is 707 g/mol. The van der Waals surface area contributed by atoms with Crippen molar-refractivity contribution in [1.29, 1.82) is 0 Å². The molecule has 203 valence electrons. The smallest absolute Gasteiger partial charge is 0.164 e. The van der Waals surface area contributed by atoms with E-state index in [4.69, 9.17) is 35.6 Å². The summed E-state index contributed by atoms with van der Waals surface area (Å²) in [7, 11) is 0. The normalized spacial score (nSPS) is 11.7. The first-order chi connectivity index (χ1) is 20.2. The van der Waals surface area contributed by atoms with Crippen LogP contribution in [0.1, 0.15) is 0 Å². The van der Waals surface area contributed by atoms with Crippen molar-refractivity contribution in [2.45, 2.75) is 0 Å². The molecule has 0 atom stereocenters. The van der Waals surface area contributed by atoms with Gasteiger partial charge in [0.15, 0.2) is 23.3 Å². The Labute approximate surface area is 253 Å². The molecule has 5 heterocycles. The van der Waals surface area contributed by atoms with E-state index < -0.39 is 0 Å². The van der Waals surface area contributed by atoms with Crippen LogP contribution in [-0.4, -0.2) is 39.9 Å². The second kappa shape index (κ2) is 9.15. The summed E-state index contributed by atoms with van der Waals surface area (Å²) in [6.45, 7) is 0. The number of nitrogen functional groups attached to an aromatic ring is 1. The zero-order chi connectivity index (χ0) is 27.1. The van der Waals surface area contributed by atoms with Crippen LogP contribution in [0.25, 0.3) is 89.7 Å². The van der Waals surface area contributed by atoms with E-state index in [9.17, 15) is 0 Å². The van der Waals surface area contributed by atoms with E-state index >= 15 is 0 Å². The fourth-order valence-electron chi connectivity index (χ4n) is 5.72. The van der Waals surface area contributed by atoms with E-state index in [2.05, 4.69) is 9.97 Å². The first-order valence-corrected chi connectivity index (χ1v) is 13.2. The second-order valence-electron chi connectivity index (χ2n) is 10.0. The van der Waals surface area contributed by atoms with E-state index in [0.717, 1.165) is 43.8 Å². The molecule has 0 saturated carbocycles. The number of nitrogens with zero attached hydrogens (tertiary/aromatic N) is 6. The summed E-state index contributed by atoms with van der Waals surface area (Å²) in [5.74, 6) is 2.25. The maximum Gasteiger partial charge on any atom is 0.164 e. The number of rotatable bonds is 0. The summed E-state index contributed by atoms with van der Waals surface area (Å²) in [5.41, 5.74) is 13.2. The van der Waals surface area contributed by atoms with Crippen molar-refractivity contribution < 1.29 is 22.4 Å². The van der Waals surface area contributed by atoms with Gasteiger partial charge in [0.2, 0.25) is 0 Å². The number of aromatic amines is 2. The van der Waals surface area contributed by atoms with Crippen molar-refractivity contribution in [3.8, 4) is 45.6 Å². The van der Waals surface area contributed by atoms with Gasteiger partial charge in [-0.1, -0.05) is 84.9 Å². The molecule has 0 amide bonds. The molecular formula is C32H19AuN9. The van der Waals surface area contributed by atoms with Crippen LogP contribution in [0.4, 0.5) is 5.69 Å². The number of hydrogen-bond donors (Lipinski definition) is 3. The number of benzene rings is 4. The number of aromatic nitrogens is 8. The Hall–Kier alpha value is -5.22. The Morgan fingerprint density at radius 2 is 0.786 bits per heavy atom. The summed E-state index contributed by atoms with van der Waals surface area (Å²) < 4.78 is 0. The minimum atomic E-state index is 0. The maximum absolute atomic E-state index is 6.49. The van der Waals surface area contributed by atoms with Gasteiger partial charge in [0, 0.05) is 66.5 Å². The topological polar surface area (TPSA) is 135 Å². The first kappa shape index (κ1) is 24.6.